The highest BCUT2D eigenvalue weighted by molar-refractivity contribution is 8.00. The van der Waals surface area contributed by atoms with Crippen molar-refractivity contribution in [3.63, 3.8) is 0 Å². The minimum atomic E-state index is 1.27. The highest BCUT2D eigenvalue weighted by Gasteiger charge is 2.16. The molecule has 0 aliphatic heterocycles. The summed E-state index contributed by atoms with van der Waals surface area (Å²) < 4.78 is 4.97. The van der Waals surface area contributed by atoms with E-state index in [9.17, 15) is 0 Å². The zero-order valence-corrected chi connectivity index (χ0v) is 12.0. The average Bonchev–Trinajstić information content (AvgIpc) is 2.76. The summed E-state index contributed by atoms with van der Waals surface area (Å²) in [6, 6.07) is 17.2. The first-order valence-electron chi connectivity index (χ1n) is 5.81. The molecule has 0 atom stereocenters. The number of thioether (sulfide) groups is 1. The van der Waals surface area contributed by atoms with Crippen LogP contribution in [0.3, 0.4) is 0 Å². The first-order valence-corrected chi connectivity index (χ1v) is 7.86. The number of aryl methyl sites for hydroxylation is 1. The normalized spacial score (nSPS) is 11.0. The van der Waals surface area contributed by atoms with E-state index >= 15 is 0 Å². The van der Waals surface area contributed by atoms with Crippen molar-refractivity contribution in [2.75, 3.05) is 6.26 Å². The molecule has 0 bridgehead atoms. The summed E-state index contributed by atoms with van der Waals surface area (Å²) in [5, 5.41) is 0. The predicted molar refractivity (Wildman–Crippen MR) is 80.2 cm³/mol. The highest BCUT2D eigenvalue weighted by atomic mass is 32.2. The van der Waals surface area contributed by atoms with Crippen LogP contribution in [0.15, 0.2) is 52.9 Å². The Labute approximate surface area is 115 Å². The van der Waals surface area contributed by atoms with Crippen LogP contribution >= 0.6 is 23.1 Å². The third-order valence-electron chi connectivity index (χ3n) is 3.07. The summed E-state index contributed by atoms with van der Waals surface area (Å²) >= 11 is 3.66. The molecule has 0 spiro atoms. The van der Waals surface area contributed by atoms with Crippen molar-refractivity contribution in [2.45, 2.75) is 4.34 Å². The van der Waals surface area contributed by atoms with Gasteiger partial charge in [-0.2, -0.15) is 4.57 Å². The van der Waals surface area contributed by atoms with Crippen molar-refractivity contribution in [1.29, 1.82) is 0 Å². The molecule has 1 heterocycles. The van der Waals surface area contributed by atoms with Crippen LogP contribution in [0.25, 0.3) is 21.3 Å². The molecule has 0 unspecified atom stereocenters. The molecule has 0 radical (unpaired) electrons. The molecule has 0 fully saturated rings. The molecule has 0 N–H and O–H groups in total. The topological polar surface area (TPSA) is 3.88 Å². The van der Waals surface area contributed by atoms with Crippen LogP contribution in [0.4, 0.5) is 0 Å². The summed E-state index contributed by atoms with van der Waals surface area (Å²) in [5.74, 6) is 0. The van der Waals surface area contributed by atoms with E-state index in [2.05, 4.69) is 66.4 Å². The van der Waals surface area contributed by atoms with Gasteiger partial charge in [-0.25, -0.2) is 0 Å². The van der Waals surface area contributed by atoms with Crippen LogP contribution in [0.2, 0.25) is 0 Å². The van der Waals surface area contributed by atoms with Crippen molar-refractivity contribution >= 4 is 33.3 Å². The largest absolute Gasteiger partial charge is 0.297 e. The van der Waals surface area contributed by atoms with E-state index in [4.69, 9.17) is 0 Å². The van der Waals surface area contributed by atoms with Gasteiger partial charge in [-0.15, -0.1) is 0 Å². The average molecular weight is 272 g/mol. The molecule has 3 aromatic rings. The Balaban J connectivity index is 2.19. The van der Waals surface area contributed by atoms with Crippen LogP contribution < -0.4 is 4.57 Å². The van der Waals surface area contributed by atoms with Gasteiger partial charge >= 0.3 is 0 Å². The van der Waals surface area contributed by atoms with Crippen LogP contribution in [0, 0.1) is 0 Å². The fourth-order valence-corrected chi connectivity index (χ4v) is 3.95. The van der Waals surface area contributed by atoms with Gasteiger partial charge in [0.1, 0.15) is 11.7 Å². The number of nitrogens with zero attached hydrogens (tertiary/aromatic N) is 1. The molecule has 3 heteroatoms. The Kier molecular flexibility index (Phi) is 3.10. The minimum absolute atomic E-state index is 1.27. The van der Waals surface area contributed by atoms with Crippen LogP contribution in [0.5, 0.6) is 0 Å². The molecule has 90 valence electrons. The molecule has 0 aliphatic carbocycles. The number of benzene rings is 2. The lowest BCUT2D eigenvalue weighted by atomic mass is 10.1. The Morgan fingerprint density at radius 2 is 1.78 bits per heavy atom. The van der Waals surface area contributed by atoms with Gasteiger partial charge in [-0.1, -0.05) is 47.7 Å². The zero-order chi connectivity index (χ0) is 12.5. The molecule has 1 nitrogen and oxygen atoms in total. The van der Waals surface area contributed by atoms with Gasteiger partial charge in [0.15, 0.2) is 0 Å². The van der Waals surface area contributed by atoms with Gasteiger partial charge in [0.05, 0.1) is 0 Å². The van der Waals surface area contributed by atoms with Crippen molar-refractivity contribution in [3.8, 4) is 11.1 Å². The predicted octanol–water partition coefficient (Wildman–Crippen LogP) is 4.11. The second kappa shape index (κ2) is 4.75. The lowest BCUT2D eigenvalue weighted by molar-refractivity contribution is -0.676. The second-order valence-corrected chi connectivity index (χ2v) is 6.26. The van der Waals surface area contributed by atoms with Crippen molar-refractivity contribution < 1.29 is 4.57 Å². The van der Waals surface area contributed by atoms with Gasteiger partial charge in [0.25, 0.3) is 4.34 Å². The summed E-state index contributed by atoms with van der Waals surface area (Å²) in [5.41, 5.74) is 3.87. The van der Waals surface area contributed by atoms with Crippen molar-refractivity contribution in [1.82, 2.24) is 0 Å². The van der Waals surface area contributed by atoms with E-state index in [1.54, 1.807) is 11.8 Å². The van der Waals surface area contributed by atoms with E-state index in [0.717, 1.165) is 0 Å². The summed E-state index contributed by atoms with van der Waals surface area (Å²) in [6.45, 7) is 0. The van der Waals surface area contributed by atoms with Gasteiger partial charge in [-0.05, 0) is 35.2 Å². The molecule has 0 aliphatic rings. The molecule has 0 saturated heterocycles. The van der Waals surface area contributed by atoms with Crippen molar-refractivity contribution in [3.05, 3.63) is 48.5 Å². The zero-order valence-electron chi connectivity index (χ0n) is 10.4. The van der Waals surface area contributed by atoms with Crippen LogP contribution in [-0.4, -0.2) is 6.26 Å². The van der Waals surface area contributed by atoms with Crippen molar-refractivity contribution in [2.24, 2.45) is 7.05 Å². The summed E-state index contributed by atoms with van der Waals surface area (Å²) in [6.07, 6.45) is 2.13. The first-order chi connectivity index (χ1) is 8.79. The number of aromatic nitrogens is 1. The minimum Gasteiger partial charge on any atom is -0.179 e. The molecular weight excluding hydrogens is 258 g/mol. The summed E-state index contributed by atoms with van der Waals surface area (Å²) in [4.78, 5) is 0. The van der Waals surface area contributed by atoms with Gasteiger partial charge in [0.2, 0.25) is 5.52 Å². The third-order valence-corrected chi connectivity index (χ3v) is 5.46. The smallest absolute Gasteiger partial charge is 0.179 e. The highest BCUT2D eigenvalue weighted by Crippen LogP contribution is 2.29. The van der Waals surface area contributed by atoms with E-state index < -0.39 is 0 Å². The lowest BCUT2D eigenvalue weighted by Gasteiger charge is -1.99. The number of thiazole rings is 1. The van der Waals surface area contributed by atoms with E-state index in [1.165, 1.54) is 25.7 Å². The molecule has 0 saturated carbocycles. The Hall–Kier alpha value is -1.32. The van der Waals surface area contributed by atoms with E-state index in [1.807, 2.05) is 11.3 Å². The fraction of sp³-hybridized carbons (Fsp3) is 0.133. The van der Waals surface area contributed by atoms with Gasteiger partial charge in [-0.3, -0.25) is 0 Å². The Morgan fingerprint density at radius 1 is 1.00 bits per heavy atom. The third kappa shape index (κ3) is 1.93. The molecule has 18 heavy (non-hydrogen) atoms. The summed E-state index contributed by atoms with van der Waals surface area (Å²) in [7, 11) is 2.14. The molecular formula is C15H14NS2+. The molecule has 1 aromatic heterocycles. The quantitative estimate of drug-likeness (QED) is 0.501. The number of hydrogen-bond donors (Lipinski definition) is 0. The molecule has 0 amide bonds. The molecule has 2 aromatic carbocycles. The van der Waals surface area contributed by atoms with E-state index in [-0.39, 0.29) is 0 Å². The first kappa shape index (κ1) is 11.8. The maximum atomic E-state index is 2.28. The Morgan fingerprint density at radius 3 is 2.50 bits per heavy atom. The standard InChI is InChI=1S/C15H14NS2/c1-16-13-10-12(11-6-4-3-5-7-11)8-9-14(13)18-15(16)17-2/h3-10H,1-2H3/q+1. The number of fused-ring (bicyclic) bond motifs is 1. The number of hydrogen-bond acceptors (Lipinski definition) is 2. The second-order valence-electron chi connectivity index (χ2n) is 4.18. The van der Waals surface area contributed by atoms with Crippen LogP contribution in [0.1, 0.15) is 0 Å². The van der Waals surface area contributed by atoms with Gasteiger partial charge in [0, 0.05) is 6.07 Å². The SMILES string of the molecule is CSc1sc2ccc(-c3ccccc3)cc2[n+]1C. The maximum Gasteiger partial charge on any atom is 0.297 e. The maximum absolute atomic E-state index is 2.28. The fourth-order valence-electron chi connectivity index (χ4n) is 2.12. The number of rotatable bonds is 2. The monoisotopic (exact) mass is 272 g/mol. The van der Waals surface area contributed by atoms with Gasteiger partial charge < -0.3 is 0 Å². The van der Waals surface area contributed by atoms with Crippen LogP contribution in [-0.2, 0) is 7.05 Å². The molecule has 3 rings (SSSR count). The Bertz CT molecular complexity index is 686. The van der Waals surface area contributed by atoms with E-state index in [0.29, 0.717) is 0 Å². The lowest BCUT2D eigenvalue weighted by Crippen LogP contribution is -2.27.